The third-order valence-electron chi connectivity index (χ3n) is 5.45. The van der Waals surface area contributed by atoms with Crippen LogP contribution in [0.5, 0.6) is 11.5 Å². The van der Waals surface area contributed by atoms with E-state index in [1.165, 1.54) is 0 Å². The molecule has 146 valence electrons. The Kier molecular flexibility index (Phi) is 7.27. The highest BCUT2D eigenvalue weighted by Crippen LogP contribution is 2.43. The molecule has 0 saturated carbocycles. The first-order valence-electron chi connectivity index (χ1n) is 9.98. The van der Waals surface area contributed by atoms with Crippen molar-refractivity contribution in [2.24, 2.45) is 5.92 Å². The molecule has 0 unspecified atom stereocenters. The number of nitrogens with one attached hydrogen (secondary N) is 1. The van der Waals surface area contributed by atoms with E-state index >= 15 is 0 Å². The van der Waals surface area contributed by atoms with E-state index < -0.39 is 5.60 Å². The smallest absolute Gasteiger partial charge is 0.133 e. The van der Waals surface area contributed by atoms with Gasteiger partial charge in [-0.1, -0.05) is 36.4 Å². The number of hydrogen-bond acceptors (Lipinski definition) is 4. The molecular formula is C23H31NO3. The Labute approximate surface area is 162 Å². The largest absolute Gasteiger partial charge is 0.457 e. The molecule has 1 aliphatic heterocycles. The van der Waals surface area contributed by atoms with Gasteiger partial charge in [0.1, 0.15) is 11.5 Å². The normalized spacial score (nSPS) is 19.4. The van der Waals surface area contributed by atoms with E-state index in [4.69, 9.17) is 9.47 Å². The summed E-state index contributed by atoms with van der Waals surface area (Å²) in [5, 5.41) is 15.4. The molecule has 1 aliphatic rings. The molecule has 1 saturated heterocycles. The van der Waals surface area contributed by atoms with E-state index in [1.54, 1.807) is 7.11 Å². The predicted octanol–water partition coefficient (Wildman–Crippen LogP) is 4.48. The second-order valence-electron chi connectivity index (χ2n) is 7.33. The summed E-state index contributed by atoms with van der Waals surface area (Å²) in [4.78, 5) is 0. The van der Waals surface area contributed by atoms with Crippen molar-refractivity contribution in [1.82, 2.24) is 5.32 Å². The zero-order valence-electron chi connectivity index (χ0n) is 16.2. The number of para-hydroxylation sites is 2. The fourth-order valence-electron chi connectivity index (χ4n) is 3.99. The van der Waals surface area contributed by atoms with Gasteiger partial charge in [-0.2, -0.15) is 0 Å². The zero-order chi connectivity index (χ0) is 19.0. The van der Waals surface area contributed by atoms with Crippen molar-refractivity contribution in [3.63, 3.8) is 0 Å². The minimum atomic E-state index is -0.910. The lowest BCUT2D eigenvalue weighted by Crippen LogP contribution is -2.44. The minimum Gasteiger partial charge on any atom is -0.457 e. The first kappa shape index (κ1) is 19.9. The average molecular weight is 370 g/mol. The van der Waals surface area contributed by atoms with Crippen molar-refractivity contribution >= 4 is 0 Å². The fraction of sp³-hybridized carbons (Fsp3) is 0.478. The molecule has 27 heavy (non-hydrogen) atoms. The van der Waals surface area contributed by atoms with Crippen LogP contribution in [0.25, 0.3) is 0 Å². The monoisotopic (exact) mass is 369 g/mol. The highest BCUT2D eigenvalue weighted by atomic mass is 16.5. The van der Waals surface area contributed by atoms with Crippen molar-refractivity contribution in [1.29, 1.82) is 0 Å². The molecule has 0 bridgehead atoms. The van der Waals surface area contributed by atoms with Crippen LogP contribution in [0.1, 0.15) is 37.7 Å². The van der Waals surface area contributed by atoms with Gasteiger partial charge < -0.3 is 19.9 Å². The Balaban J connectivity index is 1.88. The van der Waals surface area contributed by atoms with Crippen LogP contribution in [0.3, 0.4) is 0 Å². The molecule has 4 heteroatoms. The molecule has 1 heterocycles. The van der Waals surface area contributed by atoms with Gasteiger partial charge in [-0.15, -0.1) is 0 Å². The van der Waals surface area contributed by atoms with Crippen LogP contribution in [0.15, 0.2) is 54.6 Å². The van der Waals surface area contributed by atoms with E-state index in [0.717, 1.165) is 62.4 Å². The number of piperidine rings is 1. The lowest BCUT2D eigenvalue weighted by atomic mass is 9.74. The number of hydrogen-bond donors (Lipinski definition) is 2. The summed E-state index contributed by atoms with van der Waals surface area (Å²) in [6.45, 7) is 2.58. The topological polar surface area (TPSA) is 50.7 Å². The summed E-state index contributed by atoms with van der Waals surface area (Å²) >= 11 is 0. The summed E-state index contributed by atoms with van der Waals surface area (Å²) in [7, 11) is 1.72. The maximum atomic E-state index is 11.9. The van der Waals surface area contributed by atoms with Crippen LogP contribution in [0.2, 0.25) is 0 Å². The van der Waals surface area contributed by atoms with Gasteiger partial charge in [-0.05, 0) is 56.8 Å². The first-order valence-corrected chi connectivity index (χ1v) is 9.98. The number of rotatable bonds is 9. The van der Waals surface area contributed by atoms with Gasteiger partial charge in [-0.3, -0.25) is 0 Å². The number of benzene rings is 2. The highest BCUT2D eigenvalue weighted by molar-refractivity contribution is 5.42. The Morgan fingerprint density at radius 3 is 2.59 bits per heavy atom. The standard InChI is InChI=1S/C23H31NO3/c1-26-17-8-7-15-23(25,19-10-9-16-24-18-19)21-13-5-6-14-22(21)27-20-11-3-2-4-12-20/h2-6,11-14,19,24-25H,7-10,15-18H2,1H3/t19-,23+/m1/s1. The average Bonchev–Trinajstić information content (AvgIpc) is 2.73. The SMILES string of the molecule is COCCCC[C@@](O)(c1ccccc1Oc1ccccc1)[C@@H]1CCCNC1. The van der Waals surface area contributed by atoms with E-state index in [2.05, 4.69) is 5.32 Å². The van der Waals surface area contributed by atoms with Crippen molar-refractivity contribution < 1.29 is 14.6 Å². The summed E-state index contributed by atoms with van der Waals surface area (Å²) in [5.74, 6) is 1.70. The lowest BCUT2D eigenvalue weighted by molar-refractivity contribution is -0.0446. The van der Waals surface area contributed by atoms with Gasteiger partial charge in [0.05, 0.1) is 5.60 Å². The zero-order valence-corrected chi connectivity index (χ0v) is 16.2. The van der Waals surface area contributed by atoms with E-state index in [9.17, 15) is 5.11 Å². The van der Waals surface area contributed by atoms with Crippen LogP contribution in [-0.2, 0) is 10.3 Å². The summed E-state index contributed by atoms with van der Waals surface area (Å²) in [6, 6.07) is 17.7. The maximum absolute atomic E-state index is 11.9. The maximum Gasteiger partial charge on any atom is 0.133 e. The molecular weight excluding hydrogens is 338 g/mol. The van der Waals surface area contributed by atoms with Crippen LogP contribution >= 0.6 is 0 Å². The number of aliphatic hydroxyl groups is 1. The Hall–Kier alpha value is -1.88. The van der Waals surface area contributed by atoms with Crippen LogP contribution < -0.4 is 10.1 Å². The number of unbranched alkanes of at least 4 members (excludes halogenated alkanes) is 1. The van der Waals surface area contributed by atoms with Gasteiger partial charge in [0.25, 0.3) is 0 Å². The molecule has 2 atom stereocenters. The second-order valence-corrected chi connectivity index (χ2v) is 7.33. The summed E-state index contributed by atoms with van der Waals surface area (Å²) in [5.41, 5.74) is -0.0213. The van der Waals surface area contributed by atoms with Crippen molar-refractivity contribution in [2.75, 3.05) is 26.8 Å². The second kappa shape index (κ2) is 9.88. The molecule has 2 N–H and O–H groups in total. The molecule has 1 fully saturated rings. The van der Waals surface area contributed by atoms with Crippen molar-refractivity contribution in [3.05, 3.63) is 60.2 Å². The molecule has 0 aliphatic carbocycles. The van der Waals surface area contributed by atoms with Gasteiger partial charge in [0.15, 0.2) is 0 Å². The molecule has 0 radical (unpaired) electrons. The van der Waals surface area contributed by atoms with Crippen LogP contribution in [-0.4, -0.2) is 31.9 Å². The molecule has 4 nitrogen and oxygen atoms in total. The molecule has 2 aromatic carbocycles. The van der Waals surface area contributed by atoms with E-state index in [1.807, 2.05) is 54.6 Å². The molecule has 2 aromatic rings. The Morgan fingerprint density at radius 1 is 1.07 bits per heavy atom. The van der Waals surface area contributed by atoms with Crippen LogP contribution in [0.4, 0.5) is 0 Å². The third kappa shape index (κ3) is 5.10. The number of methoxy groups -OCH3 is 1. The fourth-order valence-corrected chi connectivity index (χ4v) is 3.99. The van der Waals surface area contributed by atoms with Gasteiger partial charge >= 0.3 is 0 Å². The third-order valence-corrected chi connectivity index (χ3v) is 5.45. The Morgan fingerprint density at radius 2 is 1.85 bits per heavy atom. The Bertz CT molecular complexity index is 685. The number of ether oxygens (including phenoxy) is 2. The highest BCUT2D eigenvalue weighted by Gasteiger charge is 2.40. The molecule has 0 amide bonds. The van der Waals surface area contributed by atoms with E-state index in [-0.39, 0.29) is 5.92 Å². The predicted molar refractivity (Wildman–Crippen MR) is 108 cm³/mol. The molecule has 3 rings (SSSR count). The molecule has 0 spiro atoms. The van der Waals surface area contributed by atoms with Crippen molar-refractivity contribution in [2.45, 2.75) is 37.7 Å². The van der Waals surface area contributed by atoms with Crippen molar-refractivity contribution in [3.8, 4) is 11.5 Å². The van der Waals surface area contributed by atoms with E-state index in [0.29, 0.717) is 6.42 Å². The van der Waals surface area contributed by atoms with Crippen LogP contribution in [0, 0.1) is 5.92 Å². The first-order chi connectivity index (χ1) is 13.2. The quantitative estimate of drug-likeness (QED) is 0.640. The van der Waals surface area contributed by atoms with Gasteiger partial charge in [0, 0.05) is 31.7 Å². The lowest BCUT2D eigenvalue weighted by Gasteiger charge is -2.40. The van der Waals surface area contributed by atoms with Gasteiger partial charge in [0.2, 0.25) is 0 Å². The molecule has 0 aromatic heterocycles. The summed E-state index contributed by atoms with van der Waals surface area (Å²) < 4.78 is 11.4. The minimum absolute atomic E-state index is 0.175. The summed E-state index contributed by atoms with van der Waals surface area (Å²) in [6.07, 6.45) is 4.68. The van der Waals surface area contributed by atoms with Gasteiger partial charge in [-0.25, -0.2) is 0 Å².